The number of pyridine rings is 1. The van der Waals surface area contributed by atoms with Crippen LogP contribution in [0.4, 0.5) is 22.0 Å². The van der Waals surface area contributed by atoms with Crippen LogP contribution >= 0.6 is 0 Å². The van der Waals surface area contributed by atoms with E-state index >= 15 is 0 Å². The Morgan fingerprint density at radius 1 is 0.967 bits per heavy atom. The normalized spacial score (nSPS) is 14.8. The fourth-order valence-corrected chi connectivity index (χ4v) is 3.68. The van der Waals surface area contributed by atoms with E-state index in [2.05, 4.69) is 17.3 Å². The Morgan fingerprint density at radius 3 is 2.63 bits per heavy atom. The summed E-state index contributed by atoms with van der Waals surface area (Å²) in [5, 5.41) is 2.92. The van der Waals surface area contributed by atoms with Gasteiger partial charge in [-0.15, -0.1) is 0 Å². The zero-order chi connectivity index (χ0) is 20.5. The van der Waals surface area contributed by atoms with Gasteiger partial charge in [0.15, 0.2) is 11.6 Å². The van der Waals surface area contributed by atoms with Crippen molar-refractivity contribution in [1.82, 2.24) is 4.98 Å². The number of rotatable bonds is 2. The van der Waals surface area contributed by atoms with Crippen LogP contribution < -0.4 is 24.6 Å². The van der Waals surface area contributed by atoms with Crippen LogP contribution in [0.3, 0.4) is 0 Å². The fourth-order valence-electron chi connectivity index (χ4n) is 3.68. The van der Waals surface area contributed by atoms with Gasteiger partial charge in [0.25, 0.3) is 0 Å². The largest absolute Gasteiger partial charge is 0.490 e. The van der Waals surface area contributed by atoms with Gasteiger partial charge in [-0.2, -0.15) is 0 Å². The molecule has 0 bridgehead atoms. The molecule has 2 aliphatic rings. The third kappa shape index (κ3) is 3.39. The lowest BCUT2D eigenvalue weighted by Gasteiger charge is -2.29. The number of amides is 2. The van der Waals surface area contributed by atoms with E-state index in [9.17, 15) is 4.79 Å². The van der Waals surface area contributed by atoms with Gasteiger partial charge in [0.1, 0.15) is 19.0 Å². The predicted octanol–water partition coefficient (Wildman–Crippen LogP) is 4.01. The number of nitrogens with zero attached hydrogens (tertiary/aromatic N) is 3. The molecular weight excluding hydrogens is 380 g/mol. The van der Waals surface area contributed by atoms with Crippen LogP contribution in [0.5, 0.6) is 11.5 Å². The number of aromatic nitrogens is 1. The van der Waals surface area contributed by atoms with Gasteiger partial charge in [0.2, 0.25) is 0 Å². The van der Waals surface area contributed by atoms with Gasteiger partial charge in [0, 0.05) is 18.3 Å². The Hall–Kier alpha value is -3.74. The number of carbonyl (C=O) groups is 1. The molecule has 30 heavy (non-hydrogen) atoms. The molecule has 1 aromatic heterocycles. The quantitative estimate of drug-likeness (QED) is 0.702. The molecule has 0 radical (unpaired) electrons. The van der Waals surface area contributed by atoms with E-state index in [0.29, 0.717) is 31.3 Å². The summed E-state index contributed by atoms with van der Waals surface area (Å²) in [5.41, 5.74) is 3.50. The minimum atomic E-state index is -0.231. The van der Waals surface area contributed by atoms with Gasteiger partial charge in [-0.25, -0.2) is 9.78 Å². The maximum atomic E-state index is 12.9. The van der Waals surface area contributed by atoms with Crippen LogP contribution in [0.25, 0.3) is 11.3 Å². The minimum Gasteiger partial charge on any atom is -0.490 e. The number of hydrogen-bond acceptors (Lipinski definition) is 5. The van der Waals surface area contributed by atoms with Crippen molar-refractivity contribution >= 4 is 23.2 Å². The second-order valence-corrected chi connectivity index (χ2v) is 7.27. The van der Waals surface area contributed by atoms with E-state index in [1.807, 2.05) is 60.7 Å². The highest BCUT2D eigenvalue weighted by molar-refractivity contribution is 6.02. The third-order valence-corrected chi connectivity index (χ3v) is 5.29. The molecule has 152 valence electrons. The number of fused-ring (bicyclic) bond motifs is 2. The van der Waals surface area contributed by atoms with Gasteiger partial charge >= 0.3 is 6.03 Å². The zero-order valence-corrected chi connectivity index (χ0v) is 16.7. The number of nitrogens with one attached hydrogen (secondary N) is 1. The molecule has 0 saturated heterocycles. The van der Waals surface area contributed by atoms with E-state index in [-0.39, 0.29) is 6.03 Å². The Labute approximate surface area is 174 Å². The lowest BCUT2D eigenvalue weighted by Crippen LogP contribution is -2.41. The Bertz CT molecular complexity index is 1090. The molecule has 2 amide bonds. The lowest BCUT2D eigenvalue weighted by molar-refractivity contribution is 0.249. The molecule has 7 nitrogen and oxygen atoms in total. The Morgan fingerprint density at radius 2 is 1.77 bits per heavy atom. The Kier molecular flexibility index (Phi) is 4.63. The summed E-state index contributed by atoms with van der Waals surface area (Å²) in [5.74, 6) is 1.96. The number of ether oxygens (including phenoxy) is 2. The van der Waals surface area contributed by atoms with E-state index in [1.54, 1.807) is 4.90 Å². The number of para-hydroxylation sites is 1. The second-order valence-electron chi connectivity index (χ2n) is 7.27. The van der Waals surface area contributed by atoms with Gasteiger partial charge < -0.3 is 19.7 Å². The molecule has 2 aromatic carbocycles. The van der Waals surface area contributed by atoms with Crippen LogP contribution in [-0.4, -0.2) is 44.4 Å². The average Bonchev–Trinajstić information content (AvgIpc) is 2.79. The van der Waals surface area contributed by atoms with Crippen molar-refractivity contribution < 1.29 is 14.3 Å². The molecule has 0 atom stereocenters. The van der Waals surface area contributed by atoms with Gasteiger partial charge in [0.05, 0.1) is 24.5 Å². The molecule has 0 spiro atoms. The summed E-state index contributed by atoms with van der Waals surface area (Å²) in [6, 6.07) is 19.0. The molecule has 5 rings (SSSR count). The molecule has 7 heteroatoms. The molecule has 0 unspecified atom stereocenters. The highest BCUT2D eigenvalue weighted by atomic mass is 16.5. The molecule has 0 saturated carbocycles. The summed E-state index contributed by atoms with van der Waals surface area (Å²) in [7, 11) is 2.05. The van der Waals surface area contributed by atoms with Crippen LogP contribution in [0.15, 0.2) is 60.7 Å². The lowest BCUT2D eigenvalue weighted by atomic mass is 10.1. The number of likely N-dealkylation sites (N-methyl/N-ethyl adjacent to an activating group) is 1. The standard InChI is InChI=1S/C23H22N4O3/c1-26-11-13-30-21-15-16(7-9-19(21)26)18-8-10-20-22(25-18)27(12-14-29-20)23(28)24-17-5-3-2-4-6-17/h2-10,15H,11-14H2,1H3,(H,24,28). The maximum absolute atomic E-state index is 12.9. The highest BCUT2D eigenvalue weighted by Crippen LogP contribution is 2.37. The van der Waals surface area contributed by atoms with Crippen LogP contribution in [0.2, 0.25) is 0 Å². The SMILES string of the molecule is CN1CCOc2cc(-c3ccc4c(n3)N(C(=O)Nc3ccccc3)CCO4)ccc21. The van der Waals surface area contributed by atoms with Crippen molar-refractivity contribution in [2.75, 3.05) is 48.5 Å². The van der Waals surface area contributed by atoms with Crippen molar-refractivity contribution in [2.45, 2.75) is 0 Å². The predicted molar refractivity (Wildman–Crippen MR) is 117 cm³/mol. The summed E-state index contributed by atoms with van der Waals surface area (Å²) in [6.07, 6.45) is 0. The first-order valence-electron chi connectivity index (χ1n) is 9.95. The first-order chi connectivity index (χ1) is 14.7. The molecule has 3 heterocycles. The molecule has 1 N–H and O–H groups in total. The van der Waals surface area contributed by atoms with Crippen LogP contribution in [0, 0.1) is 0 Å². The molecule has 3 aromatic rings. The molecule has 0 aliphatic carbocycles. The van der Waals surface area contributed by atoms with Crippen molar-refractivity contribution in [3.05, 3.63) is 60.7 Å². The average molecular weight is 402 g/mol. The van der Waals surface area contributed by atoms with Gasteiger partial charge in [-0.1, -0.05) is 24.3 Å². The smallest absolute Gasteiger partial charge is 0.327 e. The minimum absolute atomic E-state index is 0.231. The van der Waals surface area contributed by atoms with E-state index in [0.717, 1.165) is 34.9 Å². The van der Waals surface area contributed by atoms with Crippen molar-refractivity contribution in [2.24, 2.45) is 0 Å². The van der Waals surface area contributed by atoms with Gasteiger partial charge in [-0.3, -0.25) is 4.90 Å². The first-order valence-corrected chi connectivity index (χ1v) is 9.95. The van der Waals surface area contributed by atoms with Crippen LogP contribution in [0.1, 0.15) is 0 Å². The van der Waals surface area contributed by atoms with E-state index in [1.165, 1.54) is 0 Å². The van der Waals surface area contributed by atoms with Crippen molar-refractivity contribution in [3.8, 4) is 22.8 Å². The molecule has 2 aliphatic heterocycles. The number of carbonyl (C=O) groups excluding carboxylic acids is 1. The number of anilines is 3. The van der Waals surface area contributed by atoms with Crippen LogP contribution in [-0.2, 0) is 0 Å². The molecular formula is C23H22N4O3. The monoisotopic (exact) mass is 402 g/mol. The second kappa shape index (κ2) is 7.59. The van der Waals surface area contributed by atoms with Crippen molar-refractivity contribution in [3.63, 3.8) is 0 Å². The molecule has 0 fully saturated rings. The Balaban J connectivity index is 1.46. The van der Waals surface area contributed by atoms with Crippen molar-refractivity contribution in [1.29, 1.82) is 0 Å². The van der Waals surface area contributed by atoms with E-state index < -0.39 is 0 Å². The third-order valence-electron chi connectivity index (χ3n) is 5.29. The maximum Gasteiger partial charge on any atom is 0.327 e. The summed E-state index contributed by atoms with van der Waals surface area (Å²) < 4.78 is 11.6. The fraction of sp³-hybridized carbons (Fsp3) is 0.217. The summed E-state index contributed by atoms with van der Waals surface area (Å²) in [4.78, 5) is 21.5. The number of urea groups is 1. The summed E-state index contributed by atoms with van der Waals surface area (Å²) in [6.45, 7) is 2.38. The zero-order valence-electron chi connectivity index (χ0n) is 16.7. The van der Waals surface area contributed by atoms with E-state index in [4.69, 9.17) is 14.5 Å². The summed E-state index contributed by atoms with van der Waals surface area (Å²) >= 11 is 0. The number of hydrogen-bond donors (Lipinski definition) is 1. The topological polar surface area (TPSA) is 66.9 Å². The first kappa shape index (κ1) is 18.3. The van der Waals surface area contributed by atoms with Gasteiger partial charge in [-0.05, 0) is 36.4 Å². The highest BCUT2D eigenvalue weighted by Gasteiger charge is 2.26. The number of benzene rings is 2.